The lowest BCUT2D eigenvalue weighted by atomic mass is 10.4. The van der Waals surface area contributed by atoms with E-state index in [0.717, 1.165) is 5.01 Å². The van der Waals surface area contributed by atoms with Crippen LogP contribution < -0.4 is 5.32 Å². The second-order valence-corrected chi connectivity index (χ2v) is 3.38. The first kappa shape index (κ1) is 8.42. The van der Waals surface area contributed by atoms with Crippen molar-refractivity contribution in [3.8, 4) is 0 Å². The fraction of sp³-hybridized carbons (Fsp3) is 0.667. The first-order valence-corrected chi connectivity index (χ1v) is 4.28. The molecule has 1 aromatic rings. The van der Waals surface area contributed by atoms with Crippen molar-refractivity contribution in [1.29, 1.82) is 0 Å². The summed E-state index contributed by atoms with van der Waals surface area (Å²) < 4.78 is 0. The predicted molar refractivity (Wildman–Crippen MR) is 44.6 cm³/mol. The van der Waals surface area contributed by atoms with E-state index in [9.17, 15) is 0 Å². The van der Waals surface area contributed by atoms with Crippen LogP contribution in [0.25, 0.3) is 0 Å². The van der Waals surface area contributed by atoms with Crippen molar-refractivity contribution in [3.63, 3.8) is 0 Å². The summed E-state index contributed by atoms with van der Waals surface area (Å²) in [5, 5.41) is 21.1. The van der Waals surface area contributed by atoms with Crippen LogP contribution in [0.15, 0.2) is 0 Å². The summed E-state index contributed by atoms with van der Waals surface area (Å²) in [6.07, 6.45) is 0.154. The lowest BCUT2D eigenvalue weighted by Gasteiger charge is -2.06. The Morgan fingerprint density at radius 1 is 1.64 bits per heavy atom. The van der Waals surface area contributed by atoms with Crippen molar-refractivity contribution in [2.45, 2.75) is 26.5 Å². The summed E-state index contributed by atoms with van der Waals surface area (Å²) in [6, 6.07) is 0. The largest absolute Gasteiger partial charge is 0.374 e. The average molecular weight is 173 g/mol. The molecule has 1 aromatic heterocycles. The minimum atomic E-state index is -0.512. The van der Waals surface area contributed by atoms with Gasteiger partial charge in [0.05, 0.1) is 0 Å². The number of nitrogens with zero attached hydrogens (tertiary/aromatic N) is 2. The molecule has 1 unspecified atom stereocenters. The van der Waals surface area contributed by atoms with E-state index in [1.54, 1.807) is 0 Å². The van der Waals surface area contributed by atoms with E-state index in [4.69, 9.17) is 5.11 Å². The highest BCUT2D eigenvalue weighted by Gasteiger charge is 2.03. The molecular weight excluding hydrogens is 162 g/mol. The second-order valence-electron chi connectivity index (χ2n) is 2.19. The van der Waals surface area contributed by atoms with E-state index >= 15 is 0 Å². The molecule has 4 nitrogen and oxygen atoms in total. The summed E-state index contributed by atoms with van der Waals surface area (Å²) in [5.74, 6) is 0. The summed E-state index contributed by atoms with van der Waals surface area (Å²) in [4.78, 5) is 0. The van der Waals surface area contributed by atoms with Gasteiger partial charge in [-0.3, -0.25) is 0 Å². The summed E-state index contributed by atoms with van der Waals surface area (Å²) >= 11 is 1.44. The monoisotopic (exact) mass is 173 g/mol. The molecule has 0 saturated carbocycles. The second kappa shape index (κ2) is 3.64. The number of hydrogen-bond acceptors (Lipinski definition) is 5. The van der Waals surface area contributed by atoms with Crippen LogP contribution in [-0.2, 0) is 0 Å². The Hall–Kier alpha value is -0.680. The van der Waals surface area contributed by atoms with Crippen molar-refractivity contribution in [2.24, 2.45) is 0 Å². The molecule has 11 heavy (non-hydrogen) atoms. The van der Waals surface area contributed by atoms with Crippen molar-refractivity contribution in [1.82, 2.24) is 10.2 Å². The van der Waals surface area contributed by atoms with Gasteiger partial charge in [0, 0.05) is 0 Å². The number of nitrogens with one attached hydrogen (secondary N) is 1. The molecule has 0 aliphatic heterocycles. The Morgan fingerprint density at radius 3 is 2.82 bits per heavy atom. The molecule has 0 aromatic carbocycles. The van der Waals surface area contributed by atoms with E-state index in [1.165, 1.54) is 11.3 Å². The number of aliphatic hydroxyl groups excluding tert-OH is 1. The third kappa shape index (κ3) is 2.44. The van der Waals surface area contributed by atoms with Gasteiger partial charge in [0.25, 0.3) is 0 Å². The van der Waals surface area contributed by atoms with Crippen LogP contribution in [-0.4, -0.2) is 21.5 Å². The maximum absolute atomic E-state index is 9.15. The molecule has 0 amide bonds. The maximum atomic E-state index is 9.15. The minimum Gasteiger partial charge on any atom is -0.374 e. The fourth-order valence-electron chi connectivity index (χ4n) is 0.599. The molecule has 0 aliphatic rings. The number of aryl methyl sites for hydroxylation is 1. The molecule has 62 valence electrons. The summed E-state index contributed by atoms with van der Waals surface area (Å²) in [6.45, 7) is 3.77. The Labute approximate surface area is 69.3 Å². The van der Waals surface area contributed by atoms with Crippen LogP contribution in [0.4, 0.5) is 5.13 Å². The van der Waals surface area contributed by atoms with Crippen LogP contribution in [0.3, 0.4) is 0 Å². The first-order valence-electron chi connectivity index (χ1n) is 3.47. The average Bonchev–Trinajstić information content (AvgIpc) is 2.35. The van der Waals surface area contributed by atoms with E-state index in [1.807, 2.05) is 13.8 Å². The van der Waals surface area contributed by atoms with Crippen LogP contribution in [0, 0.1) is 6.92 Å². The molecule has 0 fully saturated rings. The normalized spacial score (nSPS) is 13.0. The topological polar surface area (TPSA) is 58.0 Å². The highest BCUT2D eigenvalue weighted by molar-refractivity contribution is 7.15. The van der Waals surface area contributed by atoms with Crippen LogP contribution in [0.1, 0.15) is 18.4 Å². The number of rotatable bonds is 3. The summed E-state index contributed by atoms with van der Waals surface area (Å²) in [7, 11) is 0. The number of hydrogen-bond donors (Lipinski definition) is 2. The molecule has 0 bridgehead atoms. The van der Waals surface area contributed by atoms with Crippen LogP contribution in [0.5, 0.6) is 0 Å². The van der Waals surface area contributed by atoms with Gasteiger partial charge in [0.2, 0.25) is 5.13 Å². The minimum absolute atomic E-state index is 0.512. The van der Waals surface area contributed by atoms with Gasteiger partial charge >= 0.3 is 0 Å². The zero-order valence-corrected chi connectivity index (χ0v) is 7.35. The van der Waals surface area contributed by atoms with E-state index in [-0.39, 0.29) is 0 Å². The molecule has 0 aliphatic carbocycles. The van der Waals surface area contributed by atoms with Crippen LogP contribution in [0.2, 0.25) is 0 Å². The zero-order chi connectivity index (χ0) is 8.27. The number of aromatic nitrogens is 2. The lowest BCUT2D eigenvalue weighted by Crippen LogP contribution is -2.16. The van der Waals surface area contributed by atoms with Gasteiger partial charge in [-0.1, -0.05) is 18.3 Å². The molecule has 1 atom stereocenters. The molecule has 1 heterocycles. The van der Waals surface area contributed by atoms with Gasteiger partial charge in [0.15, 0.2) is 0 Å². The number of aliphatic hydroxyl groups is 1. The van der Waals surface area contributed by atoms with Crippen molar-refractivity contribution in [2.75, 3.05) is 5.32 Å². The maximum Gasteiger partial charge on any atom is 0.207 e. The van der Waals surface area contributed by atoms with E-state index in [2.05, 4.69) is 15.5 Å². The molecular formula is C6H11N3OS. The molecule has 1 rings (SSSR count). The van der Waals surface area contributed by atoms with Gasteiger partial charge in [-0.25, -0.2) is 0 Å². The van der Waals surface area contributed by atoms with Crippen molar-refractivity contribution >= 4 is 16.5 Å². The smallest absolute Gasteiger partial charge is 0.207 e. The zero-order valence-electron chi connectivity index (χ0n) is 6.53. The van der Waals surface area contributed by atoms with Gasteiger partial charge < -0.3 is 10.4 Å². The number of anilines is 1. The van der Waals surface area contributed by atoms with Gasteiger partial charge in [-0.2, -0.15) is 0 Å². The van der Waals surface area contributed by atoms with Crippen molar-refractivity contribution in [3.05, 3.63) is 5.01 Å². The first-order chi connectivity index (χ1) is 5.22. The molecule has 0 radical (unpaired) electrons. The third-order valence-electron chi connectivity index (χ3n) is 1.20. The third-order valence-corrected chi connectivity index (χ3v) is 1.97. The fourth-order valence-corrected chi connectivity index (χ4v) is 1.24. The SMILES string of the molecule is CCC(O)Nc1nnc(C)s1. The van der Waals surface area contributed by atoms with E-state index < -0.39 is 6.23 Å². The van der Waals surface area contributed by atoms with Crippen LogP contribution >= 0.6 is 11.3 Å². The standard InChI is InChI=1S/C6H11N3OS/c1-3-5(10)7-6-9-8-4(2)11-6/h5,10H,3H2,1-2H3,(H,7,9). The van der Waals surface area contributed by atoms with E-state index in [0.29, 0.717) is 11.6 Å². The Balaban J connectivity index is 2.50. The summed E-state index contributed by atoms with van der Waals surface area (Å²) in [5.41, 5.74) is 0. The van der Waals surface area contributed by atoms with Gasteiger partial charge in [-0.15, -0.1) is 10.2 Å². The Kier molecular flexibility index (Phi) is 2.78. The molecule has 0 spiro atoms. The quantitative estimate of drug-likeness (QED) is 0.669. The Morgan fingerprint density at radius 2 is 2.36 bits per heavy atom. The molecule has 2 N–H and O–H groups in total. The van der Waals surface area contributed by atoms with Gasteiger partial charge in [0.1, 0.15) is 11.2 Å². The predicted octanol–water partition coefficient (Wildman–Crippen LogP) is 0.987. The highest BCUT2D eigenvalue weighted by atomic mass is 32.1. The molecule has 0 saturated heterocycles. The Bertz CT molecular complexity index is 225. The van der Waals surface area contributed by atoms with Gasteiger partial charge in [-0.05, 0) is 13.3 Å². The molecule has 5 heteroatoms. The lowest BCUT2D eigenvalue weighted by molar-refractivity contribution is 0.199. The van der Waals surface area contributed by atoms with Crippen molar-refractivity contribution < 1.29 is 5.11 Å². The highest BCUT2D eigenvalue weighted by Crippen LogP contribution is 2.14.